The predicted molar refractivity (Wildman–Crippen MR) is 98.8 cm³/mol. The Morgan fingerprint density at radius 1 is 0.800 bits per heavy atom. The number of anilines is 2. The Morgan fingerprint density at radius 2 is 1.20 bits per heavy atom. The van der Waals surface area contributed by atoms with Crippen LogP contribution in [-0.2, 0) is 16.0 Å². The zero-order valence-electron chi connectivity index (χ0n) is 14.7. The van der Waals surface area contributed by atoms with Crippen LogP contribution in [0.5, 0.6) is 0 Å². The summed E-state index contributed by atoms with van der Waals surface area (Å²) in [7, 11) is 0. The van der Waals surface area contributed by atoms with E-state index < -0.39 is 0 Å². The average Bonchev–Trinajstić information content (AvgIpc) is 3.07. The van der Waals surface area contributed by atoms with Crippen LogP contribution < -0.4 is 10.6 Å². The molecule has 0 aliphatic rings. The number of aromatic nitrogens is 4. The van der Waals surface area contributed by atoms with Gasteiger partial charge in [0.1, 0.15) is 10.0 Å². The van der Waals surface area contributed by atoms with Gasteiger partial charge in [-0.15, -0.1) is 20.4 Å². The highest BCUT2D eigenvalue weighted by atomic mass is 32.1. The van der Waals surface area contributed by atoms with Crippen LogP contribution in [0.2, 0.25) is 0 Å². The van der Waals surface area contributed by atoms with Crippen LogP contribution in [0.3, 0.4) is 0 Å². The molecule has 0 spiro atoms. The smallest absolute Gasteiger partial charge is 0.226 e. The SMILES string of the molecule is CC(C)CC(=O)Nc1nnc(Cc2nnc(NC(=O)CC(C)C)s2)s1. The molecule has 0 aliphatic heterocycles. The monoisotopic (exact) mass is 382 g/mol. The summed E-state index contributed by atoms with van der Waals surface area (Å²) in [5, 5.41) is 24.0. The van der Waals surface area contributed by atoms with Crippen molar-refractivity contribution in [3.05, 3.63) is 10.0 Å². The van der Waals surface area contributed by atoms with Crippen LogP contribution in [0.1, 0.15) is 50.6 Å². The molecule has 2 heterocycles. The maximum atomic E-state index is 11.7. The lowest BCUT2D eigenvalue weighted by Crippen LogP contribution is -2.13. The summed E-state index contributed by atoms with van der Waals surface area (Å²) in [5.41, 5.74) is 0. The molecule has 0 aliphatic carbocycles. The largest absolute Gasteiger partial charge is 0.301 e. The molecule has 8 nitrogen and oxygen atoms in total. The zero-order valence-corrected chi connectivity index (χ0v) is 16.3. The van der Waals surface area contributed by atoms with E-state index in [1.165, 1.54) is 22.7 Å². The molecule has 2 rings (SSSR count). The van der Waals surface area contributed by atoms with Gasteiger partial charge in [-0.3, -0.25) is 9.59 Å². The second kappa shape index (κ2) is 8.95. The Kier molecular flexibility index (Phi) is 6.94. The summed E-state index contributed by atoms with van der Waals surface area (Å²) in [5.74, 6) is 0.448. The van der Waals surface area contributed by atoms with Gasteiger partial charge < -0.3 is 10.6 Å². The first-order valence-corrected chi connectivity index (χ1v) is 9.69. The lowest BCUT2D eigenvalue weighted by atomic mass is 10.1. The van der Waals surface area contributed by atoms with Crippen LogP contribution in [0.25, 0.3) is 0 Å². The normalized spacial score (nSPS) is 11.1. The molecule has 0 bridgehead atoms. The number of amides is 2. The van der Waals surface area contributed by atoms with E-state index in [1.54, 1.807) is 0 Å². The number of hydrogen-bond acceptors (Lipinski definition) is 8. The fourth-order valence-electron chi connectivity index (χ4n) is 1.96. The maximum absolute atomic E-state index is 11.7. The van der Waals surface area contributed by atoms with Crippen LogP contribution in [-0.4, -0.2) is 32.2 Å². The van der Waals surface area contributed by atoms with Crippen LogP contribution >= 0.6 is 22.7 Å². The molecule has 0 saturated heterocycles. The Labute approximate surface area is 154 Å². The summed E-state index contributed by atoms with van der Waals surface area (Å²) >= 11 is 2.62. The van der Waals surface area contributed by atoms with E-state index in [2.05, 4.69) is 31.0 Å². The minimum absolute atomic E-state index is 0.0660. The molecule has 2 aromatic rings. The molecule has 0 unspecified atom stereocenters. The van der Waals surface area contributed by atoms with Crippen molar-refractivity contribution in [1.29, 1.82) is 0 Å². The number of nitrogens with one attached hydrogen (secondary N) is 2. The molecule has 2 aromatic heterocycles. The molecule has 2 amide bonds. The van der Waals surface area contributed by atoms with Gasteiger partial charge in [-0.05, 0) is 11.8 Å². The van der Waals surface area contributed by atoms with Crippen molar-refractivity contribution in [2.45, 2.75) is 47.0 Å². The third kappa shape index (κ3) is 6.83. The summed E-state index contributed by atoms with van der Waals surface area (Å²) in [6, 6.07) is 0. The molecular weight excluding hydrogens is 360 g/mol. The van der Waals surface area contributed by atoms with Gasteiger partial charge in [-0.25, -0.2) is 0 Å². The lowest BCUT2D eigenvalue weighted by Gasteiger charge is -2.02. The quantitative estimate of drug-likeness (QED) is 0.726. The van der Waals surface area contributed by atoms with Crippen molar-refractivity contribution in [2.75, 3.05) is 10.6 Å². The van der Waals surface area contributed by atoms with Crippen molar-refractivity contribution in [3.63, 3.8) is 0 Å². The van der Waals surface area contributed by atoms with Gasteiger partial charge in [-0.1, -0.05) is 50.4 Å². The molecule has 0 saturated carbocycles. The van der Waals surface area contributed by atoms with Crippen molar-refractivity contribution >= 4 is 44.8 Å². The molecule has 0 fully saturated rings. The molecule has 25 heavy (non-hydrogen) atoms. The molecule has 2 N–H and O–H groups in total. The van der Waals surface area contributed by atoms with Gasteiger partial charge in [0.05, 0.1) is 6.42 Å². The minimum atomic E-state index is -0.0660. The van der Waals surface area contributed by atoms with E-state index in [0.717, 1.165) is 10.0 Å². The Balaban J connectivity index is 1.88. The number of nitrogens with zero attached hydrogens (tertiary/aromatic N) is 4. The lowest BCUT2D eigenvalue weighted by molar-refractivity contribution is -0.117. The van der Waals surface area contributed by atoms with Crippen molar-refractivity contribution < 1.29 is 9.59 Å². The van der Waals surface area contributed by atoms with Gasteiger partial charge in [0.15, 0.2) is 0 Å². The summed E-state index contributed by atoms with van der Waals surface area (Å²) < 4.78 is 0. The standard InChI is InChI=1S/C15H22N6O2S2/c1-8(2)5-10(22)16-14-20-18-12(24-14)7-13-19-21-15(25-13)17-11(23)6-9(3)4/h8-9H,5-7H2,1-4H3,(H,16,20,22)(H,17,21,23). The van der Waals surface area contributed by atoms with E-state index in [-0.39, 0.29) is 23.7 Å². The van der Waals surface area contributed by atoms with Gasteiger partial charge in [0.25, 0.3) is 0 Å². The number of hydrogen-bond donors (Lipinski definition) is 2. The number of carbonyl (C=O) groups is 2. The Hall–Kier alpha value is -1.94. The van der Waals surface area contributed by atoms with Crippen LogP contribution in [0.4, 0.5) is 10.3 Å². The van der Waals surface area contributed by atoms with E-state index in [4.69, 9.17) is 0 Å². The van der Waals surface area contributed by atoms with Crippen LogP contribution in [0.15, 0.2) is 0 Å². The second-order valence-corrected chi connectivity index (χ2v) is 8.60. The van der Waals surface area contributed by atoms with Gasteiger partial charge >= 0.3 is 0 Å². The van der Waals surface area contributed by atoms with Crippen molar-refractivity contribution in [1.82, 2.24) is 20.4 Å². The van der Waals surface area contributed by atoms with E-state index >= 15 is 0 Å². The minimum Gasteiger partial charge on any atom is -0.301 e. The van der Waals surface area contributed by atoms with E-state index in [0.29, 0.717) is 29.5 Å². The van der Waals surface area contributed by atoms with Crippen molar-refractivity contribution in [2.24, 2.45) is 11.8 Å². The fraction of sp³-hybridized carbons (Fsp3) is 0.600. The summed E-state index contributed by atoms with van der Waals surface area (Å²) in [6.07, 6.45) is 1.37. The molecule has 0 aromatic carbocycles. The highest BCUT2D eigenvalue weighted by Crippen LogP contribution is 2.23. The molecular formula is C15H22N6O2S2. The predicted octanol–water partition coefficient (Wildman–Crippen LogP) is 2.95. The summed E-state index contributed by atoms with van der Waals surface area (Å²) in [4.78, 5) is 23.5. The number of carbonyl (C=O) groups excluding carboxylic acids is 2. The third-order valence-electron chi connectivity index (χ3n) is 2.92. The first-order chi connectivity index (χ1) is 11.8. The molecule has 10 heteroatoms. The summed E-state index contributed by atoms with van der Waals surface area (Å²) in [6.45, 7) is 7.94. The van der Waals surface area contributed by atoms with Crippen LogP contribution in [0, 0.1) is 11.8 Å². The average molecular weight is 383 g/mol. The van der Waals surface area contributed by atoms with Gasteiger partial charge in [0, 0.05) is 12.8 Å². The highest BCUT2D eigenvalue weighted by molar-refractivity contribution is 7.16. The number of rotatable bonds is 8. The third-order valence-corrected chi connectivity index (χ3v) is 4.59. The molecule has 0 atom stereocenters. The van der Waals surface area contributed by atoms with Gasteiger partial charge in [-0.2, -0.15) is 0 Å². The van der Waals surface area contributed by atoms with E-state index in [1.807, 2.05) is 27.7 Å². The van der Waals surface area contributed by atoms with E-state index in [9.17, 15) is 9.59 Å². The fourth-order valence-corrected chi connectivity index (χ4v) is 3.57. The maximum Gasteiger partial charge on any atom is 0.226 e. The van der Waals surface area contributed by atoms with Gasteiger partial charge in [0.2, 0.25) is 22.1 Å². The molecule has 136 valence electrons. The first-order valence-electron chi connectivity index (χ1n) is 8.06. The molecule has 0 radical (unpaired) electrons. The Morgan fingerprint density at radius 3 is 1.56 bits per heavy atom. The Bertz CT molecular complexity index is 665. The van der Waals surface area contributed by atoms with Crippen molar-refractivity contribution in [3.8, 4) is 0 Å². The highest BCUT2D eigenvalue weighted by Gasteiger charge is 2.13. The topological polar surface area (TPSA) is 110 Å². The second-order valence-electron chi connectivity index (χ2n) is 6.47. The first kappa shape index (κ1) is 19.4. The zero-order chi connectivity index (χ0) is 18.4.